The third-order valence-electron chi connectivity index (χ3n) is 3.17. The van der Waals surface area contributed by atoms with Gasteiger partial charge in [0.15, 0.2) is 0 Å². The summed E-state index contributed by atoms with van der Waals surface area (Å²) in [5.41, 5.74) is 3.40. The van der Waals surface area contributed by atoms with Gasteiger partial charge in [0.05, 0.1) is 6.54 Å². The van der Waals surface area contributed by atoms with E-state index in [0.29, 0.717) is 12.4 Å². The van der Waals surface area contributed by atoms with Gasteiger partial charge in [-0.3, -0.25) is 4.79 Å². The number of carbonyl (C=O) groups excluding carboxylic acids is 1. The highest BCUT2D eigenvalue weighted by Gasteiger charge is 2.22. The van der Waals surface area contributed by atoms with Crippen molar-refractivity contribution in [3.05, 3.63) is 11.9 Å². The molecule has 7 heteroatoms. The van der Waals surface area contributed by atoms with Crippen LogP contribution in [0.15, 0.2) is 6.33 Å². The molecule has 2 heterocycles. The second-order valence-electron chi connectivity index (χ2n) is 4.41. The molecule has 0 unspecified atom stereocenters. The second-order valence-corrected chi connectivity index (χ2v) is 4.41. The number of hydrazine groups is 1. The van der Waals surface area contributed by atoms with Gasteiger partial charge in [-0.2, -0.15) is 0 Å². The first-order valence-electron chi connectivity index (χ1n) is 5.90. The predicted octanol–water partition coefficient (Wildman–Crippen LogP) is -0.261. The summed E-state index contributed by atoms with van der Waals surface area (Å²) >= 11 is 0. The zero-order valence-corrected chi connectivity index (χ0v) is 10.7. The van der Waals surface area contributed by atoms with E-state index in [9.17, 15) is 4.79 Å². The van der Waals surface area contributed by atoms with Gasteiger partial charge < -0.3 is 15.2 Å². The number of nitrogens with one attached hydrogen (secondary N) is 1. The van der Waals surface area contributed by atoms with Crippen molar-refractivity contribution in [1.29, 1.82) is 0 Å². The number of amides is 1. The summed E-state index contributed by atoms with van der Waals surface area (Å²) in [4.78, 5) is 23.9. The van der Waals surface area contributed by atoms with Gasteiger partial charge in [0.25, 0.3) is 0 Å². The summed E-state index contributed by atoms with van der Waals surface area (Å²) < 4.78 is 0. The van der Waals surface area contributed by atoms with Crippen LogP contribution in [-0.4, -0.2) is 47.5 Å². The van der Waals surface area contributed by atoms with E-state index in [0.717, 1.165) is 30.9 Å². The van der Waals surface area contributed by atoms with Crippen molar-refractivity contribution >= 4 is 17.5 Å². The number of nitrogens with zero attached hydrogens (tertiary/aromatic N) is 4. The fourth-order valence-electron chi connectivity index (χ4n) is 2.07. The van der Waals surface area contributed by atoms with Crippen LogP contribution in [0.25, 0.3) is 0 Å². The Balaban J connectivity index is 2.28. The lowest BCUT2D eigenvalue weighted by Gasteiger charge is -2.23. The molecule has 1 aliphatic heterocycles. The van der Waals surface area contributed by atoms with Gasteiger partial charge in [-0.15, -0.1) is 0 Å². The molecule has 7 nitrogen and oxygen atoms in total. The number of anilines is 2. The molecule has 2 rings (SSSR count). The zero-order valence-electron chi connectivity index (χ0n) is 10.7. The largest absolute Gasteiger partial charge is 0.347 e. The van der Waals surface area contributed by atoms with Gasteiger partial charge in [0.1, 0.15) is 18.0 Å². The van der Waals surface area contributed by atoms with E-state index in [1.807, 2.05) is 18.9 Å². The normalized spacial score (nSPS) is 16.7. The Kier molecular flexibility index (Phi) is 3.61. The van der Waals surface area contributed by atoms with Crippen LogP contribution in [0.4, 0.5) is 11.6 Å². The third kappa shape index (κ3) is 2.35. The molecule has 0 saturated carbocycles. The summed E-state index contributed by atoms with van der Waals surface area (Å²) in [5, 5.41) is 0. The Hall–Kier alpha value is -1.89. The van der Waals surface area contributed by atoms with Crippen LogP contribution in [-0.2, 0) is 4.79 Å². The molecule has 1 fully saturated rings. The lowest BCUT2D eigenvalue weighted by atomic mass is 10.2. The first-order valence-corrected chi connectivity index (χ1v) is 5.90. The first-order chi connectivity index (χ1) is 8.63. The quantitative estimate of drug-likeness (QED) is 0.555. The average molecular weight is 250 g/mol. The van der Waals surface area contributed by atoms with Crippen LogP contribution in [0.1, 0.15) is 12.0 Å². The van der Waals surface area contributed by atoms with Crippen LogP contribution >= 0.6 is 0 Å². The van der Waals surface area contributed by atoms with Gasteiger partial charge in [-0.25, -0.2) is 15.8 Å². The molecule has 98 valence electrons. The molecule has 0 aliphatic carbocycles. The molecule has 1 amide bonds. The molecule has 1 aromatic rings. The molecule has 3 N–H and O–H groups in total. The molecule has 0 bridgehead atoms. The summed E-state index contributed by atoms with van der Waals surface area (Å²) in [7, 11) is 1.82. The predicted molar refractivity (Wildman–Crippen MR) is 69.0 cm³/mol. The molecule has 18 heavy (non-hydrogen) atoms. The standard InChI is InChI=1S/C11H18N6O/c1-8-10(15-12)13-7-14-11(8)17-5-3-4-16(2)9(18)6-17/h7H,3-6,12H2,1-2H3,(H,13,14,15). The van der Waals surface area contributed by atoms with Gasteiger partial charge in [-0.1, -0.05) is 0 Å². The smallest absolute Gasteiger partial charge is 0.241 e. The Morgan fingerprint density at radius 2 is 2.17 bits per heavy atom. The molecule has 1 aromatic heterocycles. The maximum Gasteiger partial charge on any atom is 0.241 e. The monoisotopic (exact) mass is 250 g/mol. The number of hydrogen-bond acceptors (Lipinski definition) is 6. The van der Waals surface area contributed by atoms with Crippen molar-refractivity contribution in [3.63, 3.8) is 0 Å². The maximum absolute atomic E-state index is 11.9. The van der Waals surface area contributed by atoms with Crippen molar-refractivity contribution in [3.8, 4) is 0 Å². The lowest BCUT2D eigenvalue weighted by Crippen LogP contribution is -2.35. The summed E-state index contributed by atoms with van der Waals surface area (Å²) in [5.74, 6) is 6.85. The lowest BCUT2D eigenvalue weighted by molar-refractivity contribution is -0.127. The summed E-state index contributed by atoms with van der Waals surface area (Å²) in [6.45, 7) is 3.82. The van der Waals surface area contributed by atoms with E-state index in [-0.39, 0.29) is 5.91 Å². The molecule has 0 aromatic carbocycles. The average Bonchev–Trinajstić information content (AvgIpc) is 2.52. The van der Waals surface area contributed by atoms with Crippen molar-refractivity contribution in [2.75, 3.05) is 37.0 Å². The van der Waals surface area contributed by atoms with Crippen LogP contribution in [0.2, 0.25) is 0 Å². The molecular weight excluding hydrogens is 232 g/mol. The topological polar surface area (TPSA) is 87.4 Å². The minimum Gasteiger partial charge on any atom is -0.347 e. The third-order valence-corrected chi connectivity index (χ3v) is 3.17. The van der Waals surface area contributed by atoms with E-state index < -0.39 is 0 Å². The molecule has 0 atom stereocenters. The zero-order chi connectivity index (χ0) is 13.1. The molecule has 0 spiro atoms. The number of nitrogens with two attached hydrogens (primary N) is 1. The number of carbonyl (C=O) groups is 1. The molecule has 0 radical (unpaired) electrons. The van der Waals surface area contributed by atoms with Crippen molar-refractivity contribution in [2.24, 2.45) is 5.84 Å². The number of hydrogen-bond donors (Lipinski definition) is 2. The summed E-state index contributed by atoms with van der Waals surface area (Å²) in [6, 6.07) is 0. The molecule has 1 saturated heterocycles. The highest BCUT2D eigenvalue weighted by atomic mass is 16.2. The van der Waals surface area contributed by atoms with Crippen LogP contribution in [0, 0.1) is 6.92 Å². The summed E-state index contributed by atoms with van der Waals surface area (Å²) in [6.07, 6.45) is 2.38. The first kappa shape index (κ1) is 12.6. The minimum atomic E-state index is 0.104. The Morgan fingerprint density at radius 1 is 1.39 bits per heavy atom. The molecule has 1 aliphatic rings. The van der Waals surface area contributed by atoms with E-state index in [1.165, 1.54) is 6.33 Å². The van der Waals surface area contributed by atoms with Gasteiger partial charge >= 0.3 is 0 Å². The van der Waals surface area contributed by atoms with Gasteiger partial charge in [0.2, 0.25) is 5.91 Å². The van der Waals surface area contributed by atoms with Crippen LogP contribution in [0.3, 0.4) is 0 Å². The fraction of sp³-hybridized carbons (Fsp3) is 0.545. The van der Waals surface area contributed by atoms with E-state index >= 15 is 0 Å². The highest BCUT2D eigenvalue weighted by molar-refractivity contribution is 5.81. The highest BCUT2D eigenvalue weighted by Crippen LogP contribution is 2.22. The second kappa shape index (κ2) is 5.18. The molecular formula is C11H18N6O. The van der Waals surface area contributed by atoms with Gasteiger partial charge in [0, 0.05) is 25.7 Å². The number of rotatable bonds is 2. The Bertz CT molecular complexity index is 449. The number of nitrogen functional groups attached to an aromatic ring is 1. The number of aromatic nitrogens is 2. The SMILES string of the molecule is Cc1c(NN)ncnc1N1CCCN(C)C(=O)C1. The van der Waals surface area contributed by atoms with E-state index in [2.05, 4.69) is 15.4 Å². The fourth-order valence-corrected chi connectivity index (χ4v) is 2.07. The van der Waals surface area contributed by atoms with Crippen molar-refractivity contribution in [2.45, 2.75) is 13.3 Å². The van der Waals surface area contributed by atoms with Crippen LogP contribution in [0.5, 0.6) is 0 Å². The Morgan fingerprint density at radius 3 is 2.89 bits per heavy atom. The van der Waals surface area contributed by atoms with E-state index in [1.54, 1.807) is 4.90 Å². The van der Waals surface area contributed by atoms with Gasteiger partial charge in [-0.05, 0) is 13.3 Å². The van der Waals surface area contributed by atoms with Crippen molar-refractivity contribution in [1.82, 2.24) is 14.9 Å². The Labute approximate surface area is 106 Å². The number of likely N-dealkylation sites (N-methyl/N-ethyl adjacent to an activating group) is 1. The van der Waals surface area contributed by atoms with Crippen LogP contribution < -0.4 is 16.2 Å². The minimum absolute atomic E-state index is 0.104. The van der Waals surface area contributed by atoms with E-state index in [4.69, 9.17) is 5.84 Å². The van der Waals surface area contributed by atoms with Crippen molar-refractivity contribution < 1.29 is 4.79 Å². The maximum atomic E-state index is 11.9.